The summed E-state index contributed by atoms with van der Waals surface area (Å²) in [6, 6.07) is 0. The third-order valence-electron chi connectivity index (χ3n) is 10.3. The van der Waals surface area contributed by atoms with E-state index in [1.807, 2.05) is 0 Å². The van der Waals surface area contributed by atoms with Gasteiger partial charge in [-0.2, -0.15) is 0 Å². The molecule has 0 spiro atoms. The second-order valence-corrected chi connectivity index (χ2v) is 13.0. The van der Waals surface area contributed by atoms with Crippen molar-refractivity contribution >= 4 is 0 Å². The fourth-order valence-electron chi connectivity index (χ4n) is 7.46. The lowest BCUT2D eigenvalue weighted by Gasteiger charge is -2.35. The molecule has 2 unspecified atom stereocenters. The van der Waals surface area contributed by atoms with Crippen molar-refractivity contribution in [1.29, 1.82) is 0 Å². The Kier molecular flexibility index (Phi) is 10.9. The average Bonchev–Trinajstić information content (AvgIpc) is 3.32. The van der Waals surface area contributed by atoms with E-state index in [9.17, 15) is 10.2 Å². The van der Waals surface area contributed by atoms with Gasteiger partial charge in [-0.05, 0) is 98.7 Å². The molecule has 2 heteroatoms. The van der Waals surface area contributed by atoms with E-state index in [2.05, 4.69) is 27.7 Å². The van der Waals surface area contributed by atoms with E-state index < -0.39 is 0 Å². The summed E-state index contributed by atoms with van der Waals surface area (Å²) in [5.74, 6) is 5.73. The maximum atomic E-state index is 11.0. The molecule has 0 amide bonds. The lowest BCUT2D eigenvalue weighted by atomic mass is 9.73. The number of rotatable bonds is 11. The van der Waals surface area contributed by atoms with Crippen molar-refractivity contribution in [1.82, 2.24) is 0 Å². The van der Waals surface area contributed by atoms with E-state index >= 15 is 0 Å². The minimum Gasteiger partial charge on any atom is -0.393 e. The topological polar surface area (TPSA) is 40.5 Å². The van der Waals surface area contributed by atoms with E-state index in [-0.39, 0.29) is 12.2 Å². The van der Waals surface area contributed by atoms with Gasteiger partial charge in [-0.1, -0.05) is 79.1 Å². The molecule has 3 fully saturated rings. The van der Waals surface area contributed by atoms with Crippen molar-refractivity contribution in [3.63, 3.8) is 0 Å². The van der Waals surface area contributed by atoms with Crippen molar-refractivity contribution in [2.24, 2.45) is 47.3 Å². The molecule has 3 rings (SSSR count). The quantitative estimate of drug-likeness (QED) is 0.336. The number of aliphatic hydroxyl groups is 2. The van der Waals surface area contributed by atoms with Crippen LogP contribution in [0.1, 0.15) is 130 Å². The highest BCUT2D eigenvalue weighted by Gasteiger charge is 2.32. The van der Waals surface area contributed by atoms with Gasteiger partial charge in [0.25, 0.3) is 0 Å². The van der Waals surface area contributed by atoms with Crippen LogP contribution in [0.2, 0.25) is 0 Å². The van der Waals surface area contributed by atoms with Crippen molar-refractivity contribution in [2.75, 3.05) is 0 Å². The lowest BCUT2D eigenvalue weighted by molar-refractivity contribution is 0.0397. The van der Waals surface area contributed by atoms with Gasteiger partial charge in [-0.15, -0.1) is 0 Å². The fourth-order valence-corrected chi connectivity index (χ4v) is 7.46. The Morgan fingerprint density at radius 1 is 0.719 bits per heavy atom. The minimum atomic E-state index is -0.138. The van der Waals surface area contributed by atoms with Crippen LogP contribution in [0.3, 0.4) is 0 Å². The first-order chi connectivity index (χ1) is 15.3. The van der Waals surface area contributed by atoms with Crippen molar-refractivity contribution in [3.05, 3.63) is 0 Å². The summed E-state index contributed by atoms with van der Waals surface area (Å²) in [6.07, 6.45) is 20.5. The zero-order chi connectivity index (χ0) is 23.1. The summed E-state index contributed by atoms with van der Waals surface area (Å²) >= 11 is 0. The van der Waals surface area contributed by atoms with Gasteiger partial charge in [0.15, 0.2) is 0 Å². The summed E-state index contributed by atoms with van der Waals surface area (Å²) in [7, 11) is 0. The van der Waals surface area contributed by atoms with Gasteiger partial charge >= 0.3 is 0 Å². The van der Waals surface area contributed by atoms with Crippen LogP contribution in [0, 0.1) is 47.3 Å². The predicted molar refractivity (Wildman–Crippen MR) is 137 cm³/mol. The highest BCUT2D eigenvalue weighted by Crippen LogP contribution is 2.42. The van der Waals surface area contributed by atoms with Gasteiger partial charge in [0, 0.05) is 0 Å². The molecule has 0 saturated heterocycles. The molecule has 0 aromatic heterocycles. The highest BCUT2D eigenvalue weighted by molar-refractivity contribution is 4.83. The first kappa shape index (κ1) is 26.5. The molecule has 0 aliphatic heterocycles. The molecule has 32 heavy (non-hydrogen) atoms. The van der Waals surface area contributed by atoms with E-state index in [1.165, 1.54) is 77.0 Å². The summed E-state index contributed by atoms with van der Waals surface area (Å²) < 4.78 is 0. The molecule has 3 aliphatic carbocycles. The second kappa shape index (κ2) is 13.1. The Hall–Kier alpha value is -0.0800. The summed E-state index contributed by atoms with van der Waals surface area (Å²) in [5.41, 5.74) is 0. The zero-order valence-electron chi connectivity index (χ0n) is 22.0. The predicted octanol–water partition coefficient (Wildman–Crippen LogP) is 8.00. The molecule has 0 bridgehead atoms. The van der Waals surface area contributed by atoms with Crippen molar-refractivity contribution in [3.8, 4) is 0 Å². The third-order valence-corrected chi connectivity index (χ3v) is 10.3. The number of hydrogen-bond acceptors (Lipinski definition) is 2. The molecule has 0 radical (unpaired) electrons. The first-order valence-corrected chi connectivity index (χ1v) is 14.7. The Morgan fingerprint density at radius 3 is 1.91 bits per heavy atom. The Balaban J connectivity index is 1.36. The van der Waals surface area contributed by atoms with Gasteiger partial charge in [0.1, 0.15) is 0 Å². The molecule has 2 N–H and O–H groups in total. The molecule has 3 saturated carbocycles. The molecule has 2 nitrogen and oxygen atoms in total. The van der Waals surface area contributed by atoms with E-state index in [0.717, 1.165) is 49.4 Å². The SMILES string of the molecule is CC1CCC(C(O)CC(CC[C@H](C)[C@@H](O)CC2CCC(C3CCCC3)CC2)C(C)C)CC1. The van der Waals surface area contributed by atoms with Crippen LogP contribution < -0.4 is 0 Å². The Bertz CT molecular complexity index is 495. The van der Waals surface area contributed by atoms with Crippen molar-refractivity contribution in [2.45, 2.75) is 143 Å². The van der Waals surface area contributed by atoms with Crippen LogP contribution in [0.4, 0.5) is 0 Å². The molecule has 3 aliphatic rings. The number of aliphatic hydroxyl groups excluding tert-OH is 2. The highest BCUT2D eigenvalue weighted by atomic mass is 16.3. The van der Waals surface area contributed by atoms with Gasteiger partial charge in [0.2, 0.25) is 0 Å². The van der Waals surface area contributed by atoms with E-state index in [4.69, 9.17) is 0 Å². The molecular weight excluding hydrogens is 392 g/mol. The maximum absolute atomic E-state index is 11.0. The van der Waals surface area contributed by atoms with E-state index in [0.29, 0.717) is 23.7 Å². The summed E-state index contributed by atoms with van der Waals surface area (Å²) in [4.78, 5) is 0. The van der Waals surface area contributed by atoms with E-state index in [1.54, 1.807) is 0 Å². The molecular formula is C30H56O2. The maximum Gasteiger partial charge on any atom is 0.0571 e. The second-order valence-electron chi connectivity index (χ2n) is 13.0. The average molecular weight is 449 g/mol. The molecule has 4 atom stereocenters. The van der Waals surface area contributed by atoms with Gasteiger partial charge in [0.05, 0.1) is 12.2 Å². The number of hydrogen-bond donors (Lipinski definition) is 2. The molecule has 0 heterocycles. The summed E-state index contributed by atoms with van der Waals surface area (Å²) in [6.45, 7) is 9.27. The zero-order valence-corrected chi connectivity index (χ0v) is 22.0. The molecule has 188 valence electrons. The normalized spacial score (nSPS) is 33.8. The van der Waals surface area contributed by atoms with Crippen LogP contribution in [0.5, 0.6) is 0 Å². The first-order valence-electron chi connectivity index (χ1n) is 14.7. The van der Waals surface area contributed by atoms with Gasteiger partial charge in [-0.3, -0.25) is 0 Å². The van der Waals surface area contributed by atoms with Crippen LogP contribution in [0.15, 0.2) is 0 Å². The lowest BCUT2D eigenvalue weighted by Crippen LogP contribution is -2.29. The fraction of sp³-hybridized carbons (Fsp3) is 1.00. The molecule has 0 aromatic carbocycles. The van der Waals surface area contributed by atoms with Gasteiger partial charge in [-0.25, -0.2) is 0 Å². The third kappa shape index (κ3) is 8.00. The monoisotopic (exact) mass is 448 g/mol. The van der Waals surface area contributed by atoms with Crippen LogP contribution >= 0.6 is 0 Å². The standard InChI is InChI=1S/C30H56O2/c1-21(2)28(20-30(32)27-14-9-22(3)10-15-27)16-11-23(4)29(31)19-24-12-17-26(18-13-24)25-7-5-6-8-25/h21-32H,5-20H2,1-4H3/t22?,23-,24?,26?,27?,28?,29-,30?/m0/s1. The summed E-state index contributed by atoms with van der Waals surface area (Å²) in [5, 5.41) is 21.9. The largest absolute Gasteiger partial charge is 0.393 e. The van der Waals surface area contributed by atoms with Crippen LogP contribution in [0.25, 0.3) is 0 Å². The molecule has 0 aromatic rings. The van der Waals surface area contributed by atoms with Crippen LogP contribution in [-0.4, -0.2) is 22.4 Å². The Morgan fingerprint density at radius 2 is 1.31 bits per heavy atom. The van der Waals surface area contributed by atoms with Crippen LogP contribution in [-0.2, 0) is 0 Å². The minimum absolute atomic E-state index is 0.120. The van der Waals surface area contributed by atoms with Gasteiger partial charge < -0.3 is 10.2 Å². The van der Waals surface area contributed by atoms with Crippen molar-refractivity contribution < 1.29 is 10.2 Å². The smallest absolute Gasteiger partial charge is 0.0571 e. The Labute approximate surface area is 200 Å².